The minimum Gasteiger partial charge on any atom is -0.497 e. The molecule has 28 heavy (non-hydrogen) atoms. The fourth-order valence-electron chi connectivity index (χ4n) is 2.47. The normalized spacial score (nSPS) is 10.9. The second-order valence-electron chi connectivity index (χ2n) is 5.80. The molecule has 3 aromatic rings. The van der Waals surface area contributed by atoms with E-state index in [1.54, 1.807) is 31.4 Å². The summed E-state index contributed by atoms with van der Waals surface area (Å²) in [5.74, 6) is 1.93. The number of nitrogens with one attached hydrogen (secondary N) is 2. The smallest absolute Gasteiger partial charge is 0.261 e. The number of pyridine rings is 1. The zero-order chi connectivity index (χ0) is 20.0. The molecule has 1 heterocycles. The number of anilines is 3. The monoisotopic (exact) mass is 399 g/mol. The lowest BCUT2D eigenvalue weighted by Crippen LogP contribution is -2.13. The molecule has 0 atom stereocenters. The van der Waals surface area contributed by atoms with Crippen LogP contribution in [-0.4, -0.2) is 27.1 Å². The Morgan fingerprint density at radius 2 is 1.75 bits per heavy atom. The van der Waals surface area contributed by atoms with Crippen molar-refractivity contribution in [2.24, 2.45) is 0 Å². The third-order valence-corrected chi connectivity index (χ3v) is 5.20. The Morgan fingerprint density at radius 1 is 0.964 bits per heavy atom. The Bertz CT molecular complexity index is 1020. The number of methoxy groups -OCH3 is 1. The predicted octanol–water partition coefficient (Wildman–Crippen LogP) is 4.03. The molecule has 0 fully saturated rings. The highest BCUT2D eigenvalue weighted by atomic mass is 32.2. The standard InChI is InChI=1S/C20H21N3O4S/c1-3-27-17-8-10-19(11-9-17)28(24,25)23-16-7-12-20(21-14-16)22-15-5-4-6-18(13-15)26-2/h4-14,23H,3H2,1-2H3,(H,21,22). The minimum absolute atomic E-state index is 0.148. The Kier molecular flexibility index (Phi) is 6.00. The first-order valence-corrected chi connectivity index (χ1v) is 10.1. The van der Waals surface area contributed by atoms with Gasteiger partial charge in [0, 0.05) is 11.8 Å². The van der Waals surface area contributed by atoms with Crippen LogP contribution in [0.15, 0.2) is 71.8 Å². The van der Waals surface area contributed by atoms with Crippen molar-refractivity contribution >= 4 is 27.2 Å². The highest BCUT2D eigenvalue weighted by Gasteiger charge is 2.14. The molecule has 0 saturated carbocycles. The van der Waals surface area contributed by atoms with E-state index < -0.39 is 10.0 Å². The van der Waals surface area contributed by atoms with Gasteiger partial charge in [0.1, 0.15) is 17.3 Å². The van der Waals surface area contributed by atoms with Crippen molar-refractivity contribution < 1.29 is 17.9 Å². The molecular weight excluding hydrogens is 378 g/mol. The highest BCUT2D eigenvalue weighted by Crippen LogP contribution is 2.22. The SMILES string of the molecule is CCOc1ccc(S(=O)(=O)Nc2ccc(Nc3cccc(OC)c3)nc2)cc1. The summed E-state index contributed by atoms with van der Waals surface area (Å²) in [6.07, 6.45) is 1.45. The number of ether oxygens (including phenoxy) is 2. The quantitative estimate of drug-likeness (QED) is 0.594. The molecule has 1 aromatic heterocycles. The lowest BCUT2D eigenvalue weighted by molar-refractivity contribution is 0.340. The average molecular weight is 399 g/mol. The Morgan fingerprint density at radius 3 is 2.39 bits per heavy atom. The van der Waals surface area contributed by atoms with E-state index in [1.165, 1.54) is 18.3 Å². The molecule has 0 amide bonds. The molecule has 0 spiro atoms. The van der Waals surface area contributed by atoms with Crippen LogP contribution < -0.4 is 19.5 Å². The van der Waals surface area contributed by atoms with Gasteiger partial charge >= 0.3 is 0 Å². The number of nitrogens with zero attached hydrogens (tertiary/aromatic N) is 1. The average Bonchev–Trinajstić information content (AvgIpc) is 2.70. The molecule has 0 saturated heterocycles. The minimum atomic E-state index is -3.71. The van der Waals surface area contributed by atoms with Gasteiger partial charge in [0.2, 0.25) is 0 Å². The molecule has 3 rings (SSSR count). The largest absolute Gasteiger partial charge is 0.497 e. The molecule has 2 aromatic carbocycles. The van der Waals surface area contributed by atoms with Crippen molar-refractivity contribution in [3.05, 3.63) is 66.9 Å². The molecule has 146 valence electrons. The lowest BCUT2D eigenvalue weighted by Gasteiger charge is -2.10. The van der Waals surface area contributed by atoms with Crippen LogP contribution in [-0.2, 0) is 10.0 Å². The second-order valence-corrected chi connectivity index (χ2v) is 7.48. The van der Waals surface area contributed by atoms with Crippen LogP contribution in [0.5, 0.6) is 11.5 Å². The fraction of sp³-hybridized carbons (Fsp3) is 0.150. The van der Waals surface area contributed by atoms with Gasteiger partial charge in [-0.1, -0.05) is 6.07 Å². The molecule has 8 heteroatoms. The number of hydrogen-bond acceptors (Lipinski definition) is 6. The number of aromatic nitrogens is 1. The maximum absolute atomic E-state index is 12.5. The van der Waals surface area contributed by atoms with E-state index in [-0.39, 0.29) is 4.90 Å². The van der Waals surface area contributed by atoms with Crippen LogP contribution in [0.2, 0.25) is 0 Å². The Hall–Kier alpha value is -3.26. The van der Waals surface area contributed by atoms with Gasteiger partial charge in [0.15, 0.2) is 0 Å². The van der Waals surface area contributed by atoms with Gasteiger partial charge in [-0.05, 0) is 55.5 Å². The molecule has 0 unspecified atom stereocenters. The predicted molar refractivity (Wildman–Crippen MR) is 109 cm³/mol. The van der Waals surface area contributed by atoms with E-state index in [0.717, 1.165) is 11.4 Å². The van der Waals surface area contributed by atoms with Crippen molar-refractivity contribution in [2.75, 3.05) is 23.8 Å². The zero-order valence-electron chi connectivity index (χ0n) is 15.5. The van der Waals surface area contributed by atoms with E-state index in [1.807, 2.05) is 31.2 Å². The summed E-state index contributed by atoms with van der Waals surface area (Å²) in [6.45, 7) is 2.39. The Labute approximate surface area is 164 Å². The number of benzene rings is 2. The molecule has 0 bridgehead atoms. The first kappa shape index (κ1) is 19.5. The van der Waals surface area contributed by atoms with E-state index in [0.29, 0.717) is 23.9 Å². The van der Waals surface area contributed by atoms with E-state index in [2.05, 4.69) is 15.0 Å². The number of sulfonamides is 1. The van der Waals surface area contributed by atoms with Gasteiger partial charge < -0.3 is 14.8 Å². The van der Waals surface area contributed by atoms with Crippen molar-refractivity contribution in [1.82, 2.24) is 4.98 Å². The maximum atomic E-state index is 12.5. The maximum Gasteiger partial charge on any atom is 0.261 e. The topological polar surface area (TPSA) is 89.6 Å². The molecule has 7 nitrogen and oxygen atoms in total. The molecule has 0 radical (unpaired) electrons. The second kappa shape index (κ2) is 8.62. The van der Waals surface area contributed by atoms with E-state index in [9.17, 15) is 8.42 Å². The summed E-state index contributed by atoms with van der Waals surface area (Å²) in [5, 5.41) is 3.14. The van der Waals surface area contributed by atoms with E-state index >= 15 is 0 Å². The van der Waals surface area contributed by atoms with Crippen molar-refractivity contribution in [3.63, 3.8) is 0 Å². The summed E-state index contributed by atoms with van der Waals surface area (Å²) in [6, 6.07) is 17.0. The third kappa shape index (κ3) is 4.92. The molecular formula is C20H21N3O4S. The summed E-state index contributed by atoms with van der Waals surface area (Å²) in [4.78, 5) is 4.39. The van der Waals surface area contributed by atoms with Crippen molar-refractivity contribution in [2.45, 2.75) is 11.8 Å². The van der Waals surface area contributed by atoms with Gasteiger partial charge in [-0.3, -0.25) is 4.72 Å². The molecule has 0 aliphatic carbocycles. The van der Waals surface area contributed by atoms with Gasteiger partial charge in [-0.25, -0.2) is 13.4 Å². The zero-order valence-corrected chi connectivity index (χ0v) is 16.4. The first-order valence-electron chi connectivity index (χ1n) is 8.63. The van der Waals surface area contributed by atoms with Crippen molar-refractivity contribution in [3.8, 4) is 11.5 Å². The van der Waals surface area contributed by atoms with Crippen LogP contribution in [0.1, 0.15) is 6.92 Å². The van der Waals surface area contributed by atoms with Crippen LogP contribution in [0.25, 0.3) is 0 Å². The van der Waals surface area contributed by atoms with Gasteiger partial charge in [0.05, 0.1) is 30.5 Å². The van der Waals surface area contributed by atoms with Gasteiger partial charge in [-0.2, -0.15) is 0 Å². The molecule has 0 aliphatic heterocycles. The summed E-state index contributed by atoms with van der Waals surface area (Å²) in [5.41, 5.74) is 1.18. The van der Waals surface area contributed by atoms with Crippen molar-refractivity contribution in [1.29, 1.82) is 0 Å². The highest BCUT2D eigenvalue weighted by molar-refractivity contribution is 7.92. The van der Waals surface area contributed by atoms with Gasteiger partial charge in [0.25, 0.3) is 10.0 Å². The van der Waals surface area contributed by atoms with Crippen LogP contribution in [0.4, 0.5) is 17.2 Å². The third-order valence-electron chi connectivity index (χ3n) is 3.80. The lowest BCUT2D eigenvalue weighted by atomic mass is 10.3. The molecule has 2 N–H and O–H groups in total. The van der Waals surface area contributed by atoms with E-state index in [4.69, 9.17) is 9.47 Å². The number of hydrogen-bond donors (Lipinski definition) is 2. The number of rotatable bonds is 8. The van der Waals surface area contributed by atoms with Crippen LogP contribution in [0.3, 0.4) is 0 Å². The fourth-order valence-corrected chi connectivity index (χ4v) is 3.52. The van der Waals surface area contributed by atoms with Crippen LogP contribution >= 0.6 is 0 Å². The summed E-state index contributed by atoms with van der Waals surface area (Å²) < 4.78 is 38.0. The summed E-state index contributed by atoms with van der Waals surface area (Å²) in [7, 11) is -2.11. The van der Waals surface area contributed by atoms with Crippen LogP contribution in [0, 0.1) is 0 Å². The molecule has 0 aliphatic rings. The summed E-state index contributed by atoms with van der Waals surface area (Å²) >= 11 is 0. The van der Waals surface area contributed by atoms with Gasteiger partial charge in [-0.15, -0.1) is 0 Å². The first-order chi connectivity index (χ1) is 13.5. The Balaban J connectivity index is 1.69.